The SMILES string of the molecule is CCC1CCC2C3CC=C4C[C@@H](O)CCC4(C)C3CC[C@]12C. The Morgan fingerprint density at radius 2 is 1.91 bits per heavy atom. The molecule has 3 saturated carbocycles. The first-order valence-electron chi connectivity index (χ1n) is 9.86. The number of rotatable bonds is 1. The van der Waals surface area contributed by atoms with E-state index in [0.29, 0.717) is 10.8 Å². The highest BCUT2D eigenvalue weighted by atomic mass is 16.3. The quantitative estimate of drug-likeness (QED) is 0.648. The van der Waals surface area contributed by atoms with Crippen LogP contribution in [0.1, 0.15) is 78.6 Å². The van der Waals surface area contributed by atoms with E-state index in [1.54, 1.807) is 5.57 Å². The lowest BCUT2D eigenvalue weighted by atomic mass is 9.47. The van der Waals surface area contributed by atoms with Gasteiger partial charge in [-0.15, -0.1) is 0 Å². The summed E-state index contributed by atoms with van der Waals surface area (Å²) >= 11 is 0. The summed E-state index contributed by atoms with van der Waals surface area (Å²) in [6.45, 7) is 7.57. The minimum Gasteiger partial charge on any atom is -0.393 e. The normalized spacial score (nSPS) is 54.2. The number of aliphatic hydroxyl groups is 1. The van der Waals surface area contributed by atoms with Crippen molar-refractivity contribution in [3.63, 3.8) is 0 Å². The van der Waals surface area contributed by atoms with Gasteiger partial charge >= 0.3 is 0 Å². The Kier molecular flexibility index (Phi) is 3.53. The van der Waals surface area contributed by atoms with Crippen molar-refractivity contribution >= 4 is 0 Å². The van der Waals surface area contributed by atoms with Crippen LogP contribution in [0.3, 0.4) is 0 Å². The zero-order valence-electron chi connectivity index (χ0n) is 14.8. The van der Waals surface area contributed by atoms with Gasteiger partial charge in [0.2, 0.25) is 0 Å². The van der Waals surface area contributed by atoms with Crippen molar-refractivity contribution in [2.24, 2.45) is 34.5 Å². The van der Waals surface area contributed by atoms with E-state index in [0.717, 1.165) is 36.5 Å². The molecule has 0 aromatic heterocycles. The molecule has 0 heterocycles. The number of fused-ring (bicyclic) bond motifs is 5. The molecule has 1 nitrogen and oxygen atoms in total. The molecule has 5 unspecified atom stereocenters. The molecular formula is C21H34O. The van der Waals surface area contributed by atoms with Crippen LogP contribution >= 0.6 is 0 Å². The van der Waals surface area contributed by atoms with E-state index in [-0.39, 0.29) is 6.10 Å². The van der Waals surface area contributed by atoms with Crippen LogP contribution in [0, 0.1) is 34.5 Å². The van der Waals surface area contributed by atoms with Gasteiger partial charge in [0.05, 0.1) is 6.10 Å². The molecule has 0 aromatic rings. The van der Waals surface area contributed by atoms with E-state index in [1.807, 2.05) is 0 Å². The van der Waals surface area contributed by atoms with Crippen molar-refractivity contribution in [2.45, 2.75) is 84.7 Å². The molecule has 4 aliphatic carbocycles. The average Bonchev–Trinajstić information content (AvgIpc) is 2.84. The second-order valence-electron chi connectivity index (χ2n) is 9.38. The van der Waals surface area contributed by atoms with Gasteiger partial charge in [-0.1, -0.05) is 38.8 Å². The predicted molar refractivity (Wildman–Crippen MR) is 91.5 cm³/mol. The highest BCUT2D eigenvalue weighted by Gasteiger charge is 2.57. The number of hydrogen-bond acceptors (Lipinski definition) is 1. The van der Waals surface area contributed by atoms with Crippen LogP contribution < -0.4 is 0 Å². The van der Waals surface area contributed by atoms with Gasteiger partial charge in [-0.2, -0.15) is 0 Å². The third-order valence-electron chi connectivity index (χ3n) is 8.77. The van der Waals surface area contributed by atoms with Crippen LogP contribution in [0.25, 0.3) is 0 Å². The largest absolute Gasteiger partial charge is 0.393 e. The molecule has 0 spiro atoms. The molecule has 1 N–H and O–H groups in total. The maximum atomic E-state index is 10.1. The molecule has 0 aromatic carbocycles. The Hall–Kier alpha value is -0.300. The van der Waals surface area contributed by atoms with Crippen LogP contribution in [0.4, 0.5) is 0 Å². The Morgan fingerprint density at radius 1 is 1.09 bits per heavy atom. The molecule has 0 saturated heterocycles. The maximum absolute atomic E-state index is 10.1. The second kappa shape index (κ2) is 5.10. The van der Waals surface area contributed by atoms with Crippen LogP contribution in [0.2, 0.25) is 0 Å². The monoisotopic (exact) mass is 302 g/mol. The summed E-state index contributed by atoms with van der Waals surface area (Å²) in [4.78, 5) is 0. The molecule has 4 aliphatic rings. The first kappa shape index (κ1) is 15.2. The Labute approximate surface area is 136 Å². The van der Waals surface area contributed by atoms with E-state index >= 15 is 0 Å². The lowest BCUT2D eigenvalue weighted by Crippen LogP contribution is -2.50. The Morgan fingerprint density at radius 3 is 2.68 bits per heavy atom. The topological polar surface area (TPSA) is 20.2 Å². The zero-order chi connectivity index (χ0) is 15.5. The van der Waals surface area contributed by atoms with Crippen LogP contribution in [-0.4, -0.2) is 11.2 Å². The molecule has 0 bridgehead atoms. The second-order valence-corrected chi connectivity index (χ2v) is 9.38. The molecule has 0 radical (unpaired) electrons. The highest BCUT2D eigenvalue weighted by Crippen LogP contribution is 2.66. The molecule has 3 fully saturated rings. The van der Waals surface area contributed by atoms with Gasteiger partial charge in [0.1, 0.15) is 0 Å². The standard InChI is InChI=1S/C21H34O/c1-4-14-6-8-18-17-7-5-15-13-16(22)9-11-21(15,3)19(17)10-12-20(14,18)2/h5,14,16-19,22H,4,6-13H2,1-3H3/t14?,16-,17?,18?,19?,20+,21?/m0/s1. The average molecular weight is 303 g/mol. The Bertz CT molecular complexity index is 480. The molecule has 0 amide bonds. The first-order valence-corrected chi connectivity index (χ1v) is 9.86. The highest BCUT2D eigenvalue weighted by molar-refractivity contribution is 5.25. The van der Waals surface area contributed by atoms with E-state index in [1.165, 1.54) is 44.9 Å². The number of allylic oxidation sites excluding steroid dienone is 1. The van der Waals surface area contributed by atoms with Crippen molar-refractivity contribution < 1.29 is 5.11 Å². The summed E-state index contributed by atoms with van der Waals surface area (Å²) in [7, 11) is 0. The summed E-state index contributed by atoms with van der Waals surface area (Å²) in [6, 6.07) is 0. The zero-order valence-corrected chi connectivity index (χ0v) is 14.8. The van der Waals surface area contributed by atoms with Gasteiger partial charge in [0, 0.05) is 0 Å². The van der Waals surface area contributed by atoms with Crippen molar-refractivity contribution in [1.29, 1.82) is 0 Å². The number of aliphatic hydroxyl groups excluding tert-OH is 1. The molecule has 0 aliphatic heterocycles. The lowest BCUT2D eigenvalue weighted by Gasteiger charge is -2.58. The van der Waals surface area contributed by atoms with Gasteiger partial charge in [-0.3, -0.25) is 0 Å². The minimum atomic E-state index is -0.0688. The smallest absolute Gasteiger partial charge is 0.0577 e. The lowest BCUT2D eigenvalue weighted by molar-refractivity contribution is -0.0500. The summed E-state index contributed by atoms with van der Waals surface area (Å²) < 4.78 is 0. The van der Waals surface area contributed by atoms with Crippen LogP contribution in [0.15, 0.2) is 11.6 Å². The molecule has 4 rings (SSSR count). The van der Waals surface area contributed by atoms with Crippen molar-refractivity contribution in [3.8, 4) is 0 Å². The van der Waals surface area contributed by atoms with Crippen molar-refractivity contribution in [3.05, 3.63) is 11.6 Å². The minimum absolute atomic E-state index is 0.0688. The summed E-state index contributed by atoms with van der Waals surface area (Å²) in [5, 5.41) is 10.1. The Balaban J connectivity index is 1.66. The van der Waals surface area contributed by atoms with Gasteiger partial charge in [0.15, 0.2) is 0 Å². The predicted octanol–water partition coefficient (Wildman–Crippen LogP) is 5.34. The third-order valence-corrected chi connectivity index (χ3v) is 8.77. The molecule has 7 atom stereocenters. The molecular weight excluding hydrogens is 268 g/mol. The fourth-order valence-electron chi connectivity index (χ4n) is 7.42. The fourth-order valence-corrected chi connectivity index (χ4v) is 7.42. The van der Waals surface area contributed by atoms with Gasteiger partial charge in [0.25, 0.3) is 0 Å². The van der Waals surface area contributed by atoms with E-state index in [4.69, 9.17) is 0 Å². The third kappa shape index (κ3) is 1.93. The maximum Gasteiger partial charge on any atom is 0.0577 e. The molecule has 124 valence electrons. The van der Waals surface area contributed by atoms with E-state index < -0.39 is 0 Å². The van der Waals surface area contributed by atoms with Crippen molar-refractivity contribution in [1.82, 2.24) is 0 Å². The summed E-state index contributed by atoms with van der Waals surface area (Å²) in [6.07, 6.45) is 14.3. The molecule has 1 heteroatoms. The molecule has 22 heavy (non-hydrogen) atoms. The fraction of sp³-hybridized carbons (Fsp3) is 0.905. The summed E-state index contributed by atoms with van der Waals surface area (Å²) in [5.74, 6) is 3.77. The first-order chi connectivity index (χ1) is 10.5. The van der Waals surface area contributed by atoms with Gasteiger partial charge < -0.3 is 5.11 Å². The van der Waals surface area contributed by atoms with Gasteiger partial charge in [-0.25, -0.2) is 0 Å². The van der Waals surface area contributed by atoms with Crippen molar-refractivity contribution in [2.75, 3.05) is 0 Å². The van der Waals surface area contributed by atoms with E-state index in [2.05, 4.69) is 26.8 Å². The van der Waals surface area contributed by atoms with Crippen LogP contribution in [-0.2, 0) is 0 Å². The van der Waals surface area contributed by atoms with Gasteiger partial charge in [-0.05, 0) is 85.9 Å². The number of hydrogen-bond donors (Lipinski definition) is 1. The summed E-state index contributed by atoms with van der Waals surface area (Å²) in [5.41, 5.74) is 2.65. The van der Waals surface area contributed by atoms with Crippen LogP contribution in [0.5, 0.6) is 0 Å². The van der Waals surface area contributed by atoms with E-state index in [9.17, 15) is 5.11 Å².